The Morgan fingerprint density at radius 3 is 2.26 bits per heavy atom. The first-order valence-corrected chi connectivity index (χ1v) is 8.73. The third kappa shape index (κ3) is 11.0. The number of carbonyl (C=O) groups is 1. The van der Waals surface area contributed by atoms with E-state index in [1.807, 2.05) is 12.1 Å². The van der Waals surface area contributed by atoms with E-state index in [1.54, 1.807) is 6.07 Å². The number of nitrogens with one attached hydrogen (secondary N) is 1. The maximum absolute atomic E-state index is 10.4. The molecular weight excluding hydrogens is 321 g/mol. The fourth-order valence-corrected chi connectivity index (χ4v) is 2.76. The Morgan fingerprint density at radius 1 is 1.09 bits per heavy atom. The van der Waals surface area contributed by atoms with Gasteiger partial charge < -0.3 is 15.2 Å². The second-order valence-electron chi connectivity index (χ2n) is 5.76. The third-order valence-electron chi connectivity index (χ3n) is 3.79. The van der Waals surface area contributed by atoms with Crippen LogP contribution in [0.25, 0.3) is 0 Å². The summed E-state index contributed by atoms with van der Waals surface area (Å²) in [6.45, 7) is 2.04. The number of rotatable bonds is 12. The van der Waals surface area contributed by atoms with Gasteiger partial charge in [0, 0.05) is 10.7 Å². The Kier molecular flexibility index (Phi) is 14.0. The molecule has 0 heterocycles. The van der Waals surface area contributed by atoms with Crippen LogP contribution >= 0.6 is 11.6 Å². The maximum Gasteiger partial charge on any atom is 1.00 e. The number of aliphatic carboxylic acids is 1. The molecule has 0 saturated heterocycles. The number of carbonyl (C=O) groups excluding carboxylic acids is 1. The summed E-state index contributed by atoms with van der Waals surface area (Å²) in [6, 6.07) is 5.63. The van der Waals surface area contributed by atoms with Gasteiger partial charge in [-0.3, -0.25) is 0 Å². The van der Waals surface area contributed by atoms with Crippen LogP contribution < -0.4 is 40.0 Å². The van der Waals surface area contributed by atoms with Crippen LogP contribution in [0.2, 0.25) is 5.02 Å². The zero-order valence-corrected chi connectivity index (χ0v) is 17.3. The van der Waals surface area contributed by atoms with Gasteiger partial charge in [-0.2, -0.15) is 0 Å². The zero-order valence-electron chi connectivity index (χ0n) is 14.5. The smallest absolute Gasteiger partial charge is 0.548 e. The Balaban J connectivity index is 0.00000484. The van der Waals surface area contributed by atoms with Gasteiger partial charge >= 0.3 is 29.6 Å². The fourth-order valence-electron chi connectivity index (χ4n) is 2.48. The number of hydrogen-bond donors (Lipinski definition) is 1. The summed E-state index contributed by atoms with van der Waals surface area (Å²) in [6.07, 6.45) is 11.4. The number of benzene rings is 1. The van der Waals surface area contributed by atoms with Crippen LogP contribution in [0.1, 0.15) is 63.9 Å². The monoisotopic (exact) mass is 347 g/mol. The van der Waals surface area contributed by atoms with Crippen molar-refractivity contribution in [3.63, 3.8) is 0 Å². The largest absolute Gasteiger partial charge is 1.00 e. The van der Waals surface area contributed by atoms with Crippen molar-refractivity contribution in [3.05, 3.63) is 28.8 Å². The molecule has 0 aliphatic heterocycles. The normalized spacial score (nSPS) is 10.2. The molecule has 3 nitrogen and oxygen atoms in total. The summed E-state index contributed by atoms with van der Waals surface area (Å²) in [4.78, 5) is 10.4. The van der Waals surface area contributed by atoms with Gasteiger partial charge in [-0.25, -0.2) is 0 Å². The van der Waals surface area contributed by atoms with E-state index in [-0.39, 0.29) is 36.1 Å². The van der Waals surface area contributed by atoms with Gasteiger partial charge in [0.1, 0.15) is 0 Å². The van der Waals surface area contributed by atoms with Crippen molar-refractivity contribution in [3.8, 4) is 0 Å². The van der Waals surface area contributed by atoms with E-state index >= 15 is 0 Å². The Bertz CT molecular complexity index is 455. The number of unbranched alkanes of at least 4 members (excludes halogenated alkanes) is 7. The number of halogens is 1. The molecule has 5 heteroatoms. The SMILES string of the molecule is CCCCCCCCCCc1ccc(NCC(=O)[O-])cc1Cl.[Na+]. The van der Waals surface area contributed by atoms with Crippen molar-refractivity contribution in [2.24, 2.45) is 0 Å². The molecule has 124 valence electrons. The number of carboxylic acids is 1. The van der Waals surface area contributed by atoms with Crippen LogP contribution in [0.4, 0.5) is 5.69 Å². The van der Waals surface area contributed by atoms with E-state index in [4.69, 9.17) is 11.6 Å². The minimum Gasteiger partial charge on any atom is -0.548 e. The molecule has 0 aliphatic carbocycles. The first-order valence-electron chi connectivity index (χ1n) is 8.35. The molecule has 0 aromatic heterocycles. The molecule has 0 unspecified atom stereocenters. The molecule has 23 heavy (non-hydrogen) atoms. The summed E-state index contributed by atoms with van der Waals surface area (Å²) in [5.74, 6) is -1.13. The summed E-state index contributed by atoms with van der Waals surface area (Å²) < 4.78 is 0. The molecule has 0 saturated carbocycles. The van der Waals surface area contributed by atoms with Crippen LogP contribution in [-0.2, 0) is 11.2 Å². The molecule has 0 spiro atoms. The molecule has 1 aromatic carbocycles. The molecule has 1 aromatic rings. The topological polar surface area (TPSA) is 52.2 Å². The first-order chi connectivity index (χ1) is 10.6. The van der Waals surface area contributed by atoms with E-state index in [2.05, 4.69) is 12.2 Å². The van der Waals surface area contributed by atoms with Gasteiger partial charge in [0.05, 0.1) is 12.5 Å². The van der Waals surface area contributed by atoms with Crippen molar-refractivity contribution in [2.45, 2.75) is 64.7 Å². The van der Waals surface area contributed by atoms with E-state index in [0.29, 0.717) is 10.7 Å². The van der Waals surface area contributed by atoms with Crippen LogP contribution in [0, 0.1) is 0 Å². The molecule has 1 rings (SSSR count). The summed E-state index contributed by atoms with van der Waals surface area (Å²) in [5, 5.41) is 13.9. The Morgan fingerprint density at radius 2 is 1.70 bits per heavy atom. The van der Waals surface area contributed by atoms with Crippen LogP contribution in [0.5, 0.6) is 0 Å². The summed E-state index contributed by atoms with van der Waals surface area (Å²) in [7, 11) is 0. The molecule has 0 bridgehead atoms. The van der Waals surface area contributed by atoms with Gasteiger partial charge in [0.2, 0.25) is 0 Å². The van der Waals surface area contributed by atoms with Gasteiger partial charge in [0.15, 0.2) is 0 Å². The molecule has 0 radical (unpaired) electrons. The van der Waals surface area contributed by atoms with E-state index < -0.39 is 5.97 Å². The average molecular weight is 348 g/mol. The van der Waals surface area contributed by atoms with E-state index in [9.17, 15) is 9.90 Å². The van der Waals surface area contributed by atoms with Gasteiger partial charge in [0.25, 0.3) is 0 Å². The number of aryl methyl sites for hydroxylation is 1. The minimum absolute atomic E-state index is 0. The second-order valence-corrected chi connectivity index (χ2v) is 6.16. The number of carboxylic acid groups (broad SMARTS) is 1. The van der Waals surface area contributed by atoms with Crippen molar-refractivity contribution in [2.75, 3.05) is 11.9 Å². The van der Waals surface area contributed by atoms with Crippen LogP contribution in [-0.4, -0.2) is 12.5 Å². The number of anilines is 1. The van der Waals surface area contributed by atoms with E-state index in [1.165, 1.54) is 44.9 Å². The van der Waals surface area contributed by atoms with Crippen molar-refractivity contribution < 1.29 is 39.5 Å². The van der Waals surface area contributed by atoms with Gasteiger partial charge in [-0.05, 0) is 30.5 Å². The standard InChI is InChI=1S/C18H28ClNO2.Na/c1-2-3-4-5-6-7-8-9-10-15-11-12-16(13-17(15)19)20-14-18(21)22;/h11-13,20H,2-10,14H2,1H3,(H,21,22);/q;+1/p-1. The minimum atomic E-state index is -1.13. The quantitative estimate of drug-likeness (QED) is 0.456. The fraction of sp³-hybridized carbons (Fsp3) is 0.611. The van der Waals surface area contributed by atoms with Gasteiger partial charge in [-0.1, -0.05) is 69.5 Å². The molecular formula is C18H27ClNNaO2. The average Bonchev–Trinajstić information content (AvgIpc) is 2.49. The number of hydrogen-bond acceptors (Lipinski definition) is 3. The summed E-state index contributed by atoms with van der Waals surface area (Å²) in [5.41, 5.74) is 1.85. The van der Waals surface area contributed by atoms with E-state index in [0.717, 1.165) is 18.4 Å². The predicted octanol–water partition coefficient (Wildman–Crippen LogP) is 1.19. The maximum atomic E-state index is 10.4. The molecule has 0 atom stereocenters. The van der Waals surface area contributed by atoms with Crippen molar-refractivity contribution in [1.82, 2.24) is 0 Å². The first kappa shape index (κ1) is 22.8. The molecule has 0 fully saturated rings. The molecule has 0 aliphatic rings. The van der Waals surface area contributed by atoms with Gasteiger partial charge in [-0.15, -0.1) is 0 Å². The summed E-state index contributed by atoms with van der Waals surface area (Å²) >= 11 is 6.24. The predicted molar refractivity (Wildman–Crippen MR) is 91.3 cm³/mol. The van der Waals surface area contributed by atoms with Crippen molar-refractivity contribution in [1.29, 1.82) is 0 Å². The van der Waals surface area contributed by atoms with Crippen molar-refractivity contribution >= 4 is 23.3 Å². The zero-order chi connectivity index (χ0) is 16.2. The Hall–Kier alpha value is -0.220. The molecule has 0 amide bonds. The molecule has 1 N–H and O–H groups in total. The third-order valence-corrected chi connectivity index (χ3v) is 4.14. The Labute approximate surface area is 167 Å². The van der Waals surface area contributed by atoms with Crippen LogP contribution in [0.3, 0.4) is 0 Å². The van der Waals surface area contributed by atoms with Crippen LogP contribution in [0.15, 0.2) is 18.2 Å². The second kappa shape index (κ2) is 14.2.